The van der Waals surface area contributed by atoms with E-state index in [1.54, 1.807) is 42.5 Å². The Bertz CT molecular complexity index is 891. The van der Waals surface area contributed by atoms with Gasteiger partial charge in [0, 0.05) is 36.5 Å². The number of anilines is 1. The molecule has 3 rings (SSSR count). The molecule has 1 saturated heterocycles. The summed E-state index contributed by atoms with van der Waals surface area (Å²) in [7, 11) is 0. The van der Waals surface area contributed by atoms with E-state index in [0.717, 1.165) is 12.0 Å². The molecule has 0 saturated carbocycles. The molecule has 7 nitrogen and oxygen atoms in total. The fourth-order valence-electron chi connectivity index (χ4n) is 3.11. The fraction of sp³-hybridized carbons (Fsp3) is 0.318. The largest absolute Gasteiger partial charge is 0.368 e. The van der Waals surface area contributed by atoms with Gasteiger partial charge < -0.3 is 20.7 Å². The first-order valence-corrected chi connectivity index (χ1v) is 9.74. The Balaban J connectivity index is 1.59. The lowest BCUT2D eigenvalue weighted by molar-refractivity contribution is -0.124. The molecule has 2 aromatic carbocycles. The maximum Gasteiger partial charge on any atom is 0.253 e. The number of carbonyl (C=O) groups excluding carboxylic acids is 3. The average molecular weight is 395 g/mol. The lowest BCUT2D eigenvalue weighted by Gasteiger charge is -2.12. The van der Waals surface area contributed by atoms with Crippen LogP contribution in [0.2, 0.25) is 0 Å². The number of hydrogen-bond acceptors (Lipinski definition) is 4. The molecule has 1 aliphatic rings. The van der Waals surface area contributed by atoms with E-state index in [9.17, 15) is 14.4 Å². The van der Waals surface area contributed by atoms with Crippen LogP contribution >= 0.6 is 0 Å². The summed E-state index contributed by atoms with van der Waals surface area (Å²) >= 11 is 0. The molecule has 1 heterocycles. The monoisotopic (exact) mass is 395 g/mol. The summed E-state index contributed by atoms with van der Waals surface area (Å²) in [6, 6.07) is 13.9. The van der Waals surface area contributed by atoms with Gasteiger partial charge in [-0.1, -0.05) is 18.2 Å². The van der Waals surface area contributed by atoms with Gasteiger partial charge in [-0.05, 0) is 55.7 Å². The SMILES string of the molecule is CCNC(=O)c1cccc(CNC(=O)c2cccc(NC(=O)C3CCCO3)c2)c1. The summed E-state index contributed by atoms with van der Waals surface area (Å²) in [6.45, 7) is 3.30. The minimum absolute atomic E-state index is 0.143. The molecular weight excluding hydrogens is 370 g/mol. The highest BCUT2D eigenvalue weighted by Crippen LogP contribution is 2.16. The molecule has 0 aliphatic carbocycles. The highest BCUT2D eigenvalue weighted by atomic mass is 16.5. The fourth-order valence-corrected chi connectivity index (χ4v) is 3.11. The van der Waals surface area contributed by atoms with Gasteiger partial charge in [0.1, 0.15) is 6.10 Å². The van der Waals surface area contributed by atoms with Gasteiger partial charge in [-0.2, -0.15) is 0 Å². The van der Waals surface area contributed by atoms with Gasteiger partial charge >= 0.3 is 0 Å². The van der Waals surface area contributed by atoms with Gasteiger partial charge in [-0.25, -0.2) is 0 Å². The molecule has 1 unspecified atom stereocenters. The number of amides is 3. The topological polar surface area (TPSA) is 96.5 Å². The summed E-state index contributed by atoms with van der Waals surface area (Å²) in [5.41, 5.74) is 2.37. The van der Waals surface area contributed by atoms with Crippen molar-refractivity contribution >= 4 is 23.4 Å². The lowest BCUT2D eigenvalue weighted by Crippen LogP contribution is -2.27. The first-order valence-electron chi connectivity index (χ1n) is 9.74. The van der Waals surface area contributed by atoms with E-state index >= 15 is 0 Å². The van der Waals surface area contributed by atoms with E-state index in [1.165, 1.54) is 0 Å². The van der Waals surface area contributed by atoms with Crippen LogP contribution in [0.4, 0.5) is 5.69 Å². The van der Waals surface area contributed by atoms with Gasteiger partial charge in [0.25, 0.3) is 17.7 Å². The molecule has 7 heteroatoms. The standard InChI is InChI=1S/C22H25N3O4/c1-2-23-20(26)16-7-3-6-15(12-16)14-24-21(27)17-8-4-9-18(13-17)25-22(28)19-10-5-11-29-19/h3-4,6-9,12-13,19H,2,5,10-11,14H2,1H3,(H,23,26)(H,24,27)(H,25,28). The van der Waals surface area contributed by atoms with E-state index < -0.39 is 6.10 Å². The van der Waals surface area contributed by atoms with Crippen molar-refractivity contribution < 1.29 is 19.1 Å². The molecule has 152 valence electrons. The van der Waals surface area contributed by atoms with Crippen LogP contribution in [0.1, 0.15) is 46.0 Å². The van der Waals surface area contributed by atoms with Gasteiger partial charge in [0.05, 0.1) is 0 Å². The van der Waals surface area contributed by atoms with Crippen LogP contribution in [0.25, 0.3) is 0 Å². The summed E-state index contributed by atoms with van der Waals surface area (Å²) in [5, 5.41) is 8.39. The number of benzene rings is 2. The first kappa shape index (κ1) is 20.5. The molecule has 1 fully saturated rings. The van der Waals surface area contributed by atoms with Crippen molar-refractivity contribution in [2.45, 2.75) is 32.4 Å². The maximum absolute atomic E-state index is 12.5. The second-order valence-electron chi connectivity index (χ2n) is 6.81. The lowest BCUT2D eigenvalue weighted by atomic mass is 10.1. The quantitative estimate of drug-likeness (QED) is 0.671. The van der Waals surface area contributed by atoms with Crippen molar-refractivity contribution in [3.8, 4) is 0 Å². The van der Waals surface area contributed by atoms with Gasteiger partial charge in [-0.15, -0.1) is 0 Å². The molecule has 0 radical (unpaired) electrons. The number of nitrogens with one attached hydrogen (secondary N) is 3. The number of ether oxygens (including phenoxy) is 1. The zero-order valence-electron chi connectivity index (χ0n) is 16.4. The van der Waals surface area contributed by atoms with Crippen LogP contribution < -0.4 is 16.0 Å². The minimum atomic E-state index is -0.426. The van der Waals surface area contributed by atoms with E-state index in [4.69, 9.17) is 4.74 Å². The van der Waals surface area contributed by atoms with Crippen LogP contribution in [0, 0.1) is 0 Å². The molecule has 1 aliphatic heterocycles. The second kappa shape index (κ2) is 9.84. The predicted molar refractivity (Wildman–Crippen MR) is 110 cm³/mol. The zero-order chi connectivity index (χ0) is 20.6. The zero-order valence-corrected chi connectivity index (χ0v) is 16.4. The van der Waals surface area contributed by atoms with E-state index in [-0.39, 0.29) is 17.7 Å². The first-order chi connectivity index (χ1) is 14.1. The van der Waals surface area contributed by atoms with Crippen molar-refractivity contribution in [1.82, 2.24) is 10.6 Å². The summed E-state index contributed by atoms with van der Waals surface area (Å²) in [4.78, 5) is 36.6. The summed E-state index contributed by atoms with van der Waals surface area (Å²) < 4.78 is 5.37. The number of carbonyl (C=O) groups is 3. The highest BCUT2D eigenvalue weighted by Gasteiger charge is 2.23. The van der Waals surface area contributed by atoms with Crippen LogP contribution in [0.3, 0.4) is 0 Å². The third kappa shape index (κ3) is 5.65. The molecule has 2 aromatic rings. The van der Waals surface area contributed by atoms with Crippen molar-refractivity contribution in [2.75, 3.05) is 18.5 Å². The maximum atomic E-state index is 12.5. The molecule has 1 atom stereocenters. The van der Waals surface area contributed by atoms with E-state index in [1.807, 2.05) is 13.0 Å². The molecule has 0 bridgehead atoms. The van der Waals surface area contributed by atoms with Crippen molar-refractivity contribution in [3.63, 3.8) is 0 Å². The molecule has 3 N–H and O–H groups in total. The Morgan fingerprint density at radius 3 is 2.45 bits per heavy atom. The van der Waals surface area contributed by atoms with Crippen molar-refractivity contribution in [3.05, 3.63) is 65.2 Å². The van der Waals surface area contributed by atoms with E-state index in [2.05, 4.69) is 16.0 Å². The Kier molecular flexibility index (Phi) is 6.97. The van der Waals surface area contributed by atoms with E-state index in [0.29, 0.717) is 42.9 Å². The average Bonchev–Trinajstić information content (AvgIpc) is 3.28. The third-order valence-corrected chi connectivity index (χ3v) is 4.59. The highest BCUT2D eigenvalue weighted by molar-refractivity contribution is 5.98. The third-order valence-electron chi connectivity index (χ3n) is 4.59. The molecular formula is C22H25N3O4. The van der Waals surface area contributed by atoms with Gasteiger partial charge in [0.2, 0.25) is 0 Å². The predicted octanol–water partition coefficient (Wildman–Crippen LogP) is 2.48. The summed E-state index contributed by atoms with van der Waals surface area (Å²) in [6.07, 6.45) is 1.16. The summed E-state index contributed by atoms with van der Waals surface area (Å²) in [5.74, 6) is -0.598. The smallest absolute Gasteiger partial charge is 0.253 e. The Hall–Kier alpha value is -3.19. The Morgan fingerprint density at radius 1 is 1.00 bits per heavy atom. The molecule has 0 aromatic heterocycles. The van der Waals surface area contributed by atoms with Crippen LogP contribution in [-0.4, -0.2) is 37.0 Å². The van der Waals surface area contributed by atoms with Crippen molar-refractivity contribution in [2.24, 2.45) is 0 Å². The second-order valence-corrected chi connectivity index (χ2v) is 6.81. The molecule has 0 spiro atoms. The van der Waals surface area contributed by atoms with Crippen molar-refractivity contribution in [1.29, 1.82) is 0 Å². The normalized spacial score (nSPS) is 15.6. The Morgan fingerprint density at radius 2 is 1.72 bits per heavy atom. The molecule has 3 amide bonds. The van der Waals surface area contributed by atoms with Crippen LogP contribution in [0.15, 0.2) is 48.5 Å². The van der Waals surface area contributed by atoms with Gasteiger partial charge in [-0.3, -0.25) is 14.4 Å². The van der Waals surface area contributed by atoms with Gasteiger partial charge in [0.15, 0.2) is 0 Å². The van der Waals surface area contributed by atoms with Crippen LogP contribution in [0.5, 0.6) is 0 Å². The molecule has 29 heavy (non-hydrogen) atoms. The Labute approximate surface area is 169 Å². The van der Waals surface area contributed by atoms with Crippen LogP contribution in [-0.2, 0) is 16.1 Å². The minimum Gasteiger partial charge on any atom is -0.368 e. The number of hydrogen-bond donors (Lipinski definition) is 3. The number of rotatable bonds is 7.